The van der Waals surface area contributed by atoms with Crippen LogP contribution in [-0.4, -0.2) is 0 Å². The number of hydrogen-bond acceptors (Lipinski definition) is 1. The van der Waals surface area contributed by atoms with Gasteiger partial charge in [0.2, 0.25) is 0 Å². The van der Waals surface area contributed by atoms with Gasteiger partial charge >= 0.3 is 0 Å². The second-order valence-electron chi connectivity index (χ2n) is 5.02. The van der Waals surface area contributed by atoms with Crippen LogP contribution in [0.5, 0.6) is 0 Å². The molecule has 1 aromatic carbocycles. The predicted molar refractivity (Wildman–Crippen MR) is 70.4 cm³/mol. The predicted octanol–water partition coefficient (Wildman–Crippen LogP) is 4.47. The maximum Gasteiger partial charge on any atom is 0.0991 e. The third kappa shape index (κ3) is 3.09. The van der Waals surface area contributed by atoms with Crippen LogP contribution in [0.4, 0.5) is 0 Å². The molecule has 1 saturated carbocycles. The number of hydrogen-bond donors (Lipinski definition) is 0. The van der Waals surface area contributed by atoms with E-state index in [1.165, 1.54) is 44.1 Å². The highest BCUT2D eigenvalue weighted by atomic mass is 14.3. The van der Waals surface area contributed by atoms with Gasteiger partial charge in [-0.05, 0) is 49.3 Å². The van der Waals surface area contributed by atoms with Crippen LogP contribution < -0.4 is 0 Å². The fourth-order valence-electron chi connectivity index (χ4n) is 2.79. The van der Waals surface area contributed by atoms with E-state index in [0.29, 0.717) is 0 Å². The van der Waals surface area contributed by atoms with E-state index < -0.39 is 0 Å². The fourth-order valence-corrected chi connectivity index (χ4v) is 2.79. The zero-order valence-electron chi connectivity index (χ0n) is 10.6. The van der Waals surface area contributed by atoms with E-state index in [0.717, 1.165) is 11.5 Å². The molecule has 0 spiro atoms. The number of benzene rings is 1. The normalized spacial score (nSPS) is 17.9. The van der Waals surface area contributed by atoms with Crippen molar-refractivity contribution >= 4 is 0 Å². The van der Waals surface area contributed by atoms with Gasteiger partial charge in [-0.25, -0.2) is 0 Å². The Kier molecular flexibility index (Phi) is 4.20. The van der Waals surface area contributed by atoms with Crippen molar-refractivity contribution in [2.24, 2.45) is 5.92 Å². The Morgan fingerprint density at radius 3 is 2.35 bits per heavy atom. The lowest BCUT2D eigenvalue weighted by Crippen LogP contribution is -2.13. The molecule has 1 aliphatic carbocycles. The van der Waals surface area contributed by atoms with Gasteiger partial charge < -0.3 is 0 Å². The van der Waals surface area contributed by atoms with Gasteiger partial charge in [0.15, 0.2) is 0 Å². The molecule has 0 N–H and O–H groups in total. The van der Waals surface area contributed by atoms with Crippen LogP contribution in [0, 0.1) is 23.2 Å². The monoisotopic (exact) mass is 226 g/mol. The van der Waals surface area contributed by atoms with Gasteiger partial charge in [-0.15, -0.1) is 0 Å². The Hall–Kier alpha value is -1.29. The molecule has 0 saturated heterocycles. The van der Waals surface area contributed by atoms with Gasteiger partial charge in [0.25, 0.3) is 0 Å². The van der Waals surface area contributed by atoms with Crippen molar-refractivity contribution < 1.29 is 0 Å². The van der Waals surface area contributed by atoms with Crippen molar-refractivity contribution in [3.63, 3.8) is 0 Å². The number of nitrogens with zero attached hydrogens (tertiary/aromatic N) is 1. The van der Waals surface area contributed by atoms with Crippen molar-refractivity contribution in [2.45, 2.75) is 45.4 Å². The van der Waals surface area contributed by atoms with Crippen LogP contribution in [0.2, 0.25) is 0 Å². The van der Waals surface area contributed by atoms with Crippen LogP contribution in [-0.2, 0) is 0 Å². The van der Waals surface area contributed by atoms with E-state index in [9.17, 15) is 0 Å². The molecule has 0 heterocycles. The summed E-state index contributed by atoms with van der Waals surface area (Å²) in [6.45, 7) is 2.28. The van der Waals surface area contributed by atoms with E-state index in [1.54, 1.807) is 5.92 Å². The molecule has 89 valence electrons. The van der Waals surface area contributed by atoms with E-state index >= 15 is 0 Å². The highest BCUT2D eigenvalue weighted by Gasteiger charge is 2.22. The summed E-state index contributed by atoms with van der Waals surface area (Å²) in [5.41, 5.74) is 2.10. The van der Waals surface area contributed by atoms with Gasteiger partial charge in [-0.2, -0.15) is 5.26 Å². The highest BCUT2D eigenvalue weighted by Crippen LogP contribution is 2.36. The molecule has 1 heteroatoms. The maximum atomic E-state index is 8.78. The average Bonchev–Trinajstić information content (AvgIpc) is 2.40. The molecule has 17 heavy (non-hydrogen) atoms. The highest BCUT2D eigenvalue weighted by molar-refractivity contribution is 5.38. The summed E-state index contributed by atoms with van der Waals surface area (Å²) in [5.74, 6) is 2.53. The molecule has 0 bridgehead atoms. The van der Waals surface area contributed by atoms with E-state index in [4.69, 9.17) is 5.26 Å². The lowest BCUT2D eigenvalue weighted by Gasteiger charge is -2.28. The SMILES string of the molecule is CCCC1CC[C](c2ccc(C#N)cc2)CC1. The average molecular weight is 226 g/mol. The zero-order valence-corrected chi connectivity index (χ0v) is 10.6. The van der Waals surface area contributed by atoms with Crippen LogP contribution >= 0.6 is 0 Å². The standard InChI is InChI=1S/C16H20N/c1-2-3-13-4-8-15(9-5-13)16-10-6-14(12-17)7-11-16/h6-7,10-11,13H,2-5,8-9H2,1H3. The molecule has 0 amide bonds. The van der Waals surface area contributed by atoms with Crippen LogP contribution in [0.25, 0.3) is 0 Å². The van der Waals surface area contributed by atoms with Crippen LogP contribution in [0.15, 0.2) is 24.3 Å². The number of nitriles is 1. The van der Waals surface area contributed by atoms with Gasteiger partial charge in [-0.1, -0.05) is 31.9 Å². The van der Waals surface area contributed by atoms with Gasteiger partial charge in [-0.3, -0.25) is 0 Å². The first kappa shape index (κ1) is 12.2. The smallest absolute Gasteiger partial charge is 0.0991 e. The fraction of sp³-hybridized carbons (Fsp3) is 0.500. The first-order chi connectivity index (χ1) is 8.33. The largest absolute Gasteiger partial charge is 0.192 e. The third-order valence-electron chi connectivity index (χ3n) is 3.83. The Morgan fingerprint density at radius 2 is 1.82 bits per heavy atom. The zero-order chi connectivity index (χ0) is 12.1. The lowest BCUT2D eigenvalue weighted by atomic mass is 9.77. The molecule has 1 aliphatic rings. The first-order valence-electron chi connectivity index (χ1n) is 6.68. The summed E-state index contributed by atoms with van der Waals surface area (Å²) in [6.07, 6.45) is 7.90. The Morgan fingerprint density at radius 1 is 1.18 bits per heavy atom. The van der Waals surface area contributed by atoms with Crippen LogP contribution in [0.3, 0.4) is 0 Å². The summed E-state index contributed by atoms with van der Waals surface area (Å²) in [7, 11) is 0. The van der Waals surface area contributed by atoms with E-state index in [-0.39, 0.29) is 0 Å². The quantitative estimate of drug-likeness (QED) is 0.746. The Labute approximate surface area is 104 Å². The lowest BCUT2D eigenvalue weighted by molar-refractivity contribution is 0.360. The van der Waals surface area contributed by atoms with Gasteiger partial charge in [0.1, 0.15) is 0 Å². The third-order valence-corrected chi connectivity index (χ3v) is 3.83. The second-order valence-corrected chi connectivity index (χ2v) is 5.02. The minimum absolute atomic E-state index is 0.758. The molecule has 1 nitrogen and oxygen atoms in total. The summed E-state index contributed by atoms with van der Waals surface area (Å²) < 4.78 is 0. The number of rotatable bonds is 3. The Bertz CT molecular complexity index is 377. The molecule has 1 fully saturated rings. The molecular formula is C16H20N. The molecule has 0 atom stereocenters. The molecule has 2 rings (SSSR count). The van der Waals surface area contributed by atoms with Crippen molar-refractivity contribution in [2.75, 3.05) is 0 Å². The van der Waals surface area contributed by atoms with E-state index in [1.807, 2.05) is 12.1 Å². The van der Waals surface area contributed by atoms with Crippen molar-refractivity contribution in [1.82, 2.24) is 0 Å². The van der Waals surface area contributed by atoms with E-state index in [2.05, 4.69) is 25.1 Å². The maximum absolute atomic E-state index is 8.78. The summed E-state index contributed by atoms with van der Waals surface area (Å²) in [6, 6.07) is 10.2. The molecule has 0 aromatic heterocycles. The molecule has 1 aromatic rings. The molecule has 0 unspecified atom stereocenters. The summed E-state index contributed by atoms with van der Waals surface area (Å²) in [4.78, 5) is 0. The summed E-state index contributed by atoms with van der Waals surface area (Å²) in [5, 5.41) is 8.78. The summed E-state index contributed by atoms with van der Waals surface area (Å²) >= 11 is 0. The Balaban J connectivity index is 1.94. The minimum Gasteiger partial charge on any atom is -0.192 e. The van der Waals surface area contributed by atoms with Gasteiger partial charge in [0.05, 0.1) is 11.6 Å². The van der Waals surface area contributed by atoms with Gasteiger partial charge in [0, 0.05) is 5.92 Å². The van der Waals surface area contributed by atoms with Crippen molar-refractivity contribution in [3.05, 3.63) is 41.3 Å². The molecule has 1 radical (unpaired) electrons. The molecular weight excluding hydrogens is 206 g/mol. The molecule has 0 aliphatic heterocycles. The minimum atomic E-state index is 0.758. The van der Waals surface area contributed by atoms with Crippen molar-refractivity contribution in [3.8, 4) is 6.07 Å². The second kappa shape index (κ2) is 5.87. The van der Waals surface area contributed by atoms with Crippen LogP contribution in [0.1, 0.15) is 56.6 Å². The van der Waals surface area contributed by atoms with Crippen molar-refractivity contribution in [1.29, 1.82) is 5.26 Å². The first-order valence-corrected chi connectivity index (χ1v) is 6.68. The topological polar surface area (TPSA) is 23.8 Å².